The van der Waals surface area contributed by atoms with E-state index in [9.17, 15) is 18.8 Å². The molecule has 0 saturated heterocycles. The van der Waals surface area contributed by atoms with Gasteiger partial charge in [0.1, 0.15) is 6.73 Å². The lowest BCUT2D eigenvalue weighted by Crippen LogP contribution is -2.32. The number of hydrogen-bond acceptors (Lipinski definition) is 5. The summed E-state index contributed by atoms with van der Waals surface area (Å²) in [5.74, 6) is -1.21. The fraction of sp³-hybridized carbons (Fsp3) is 0.762. The van der Waals surface area contributed by atoms with E-state index in [1.807, 2.05) is 18.8 Å². The van der Waals surface area contributed by atoms with Crippen molar-refractivity contribution >= 4 is 5.97 Å². The van der Waals surface area contributed by atoms with E-state index in [2.05, 4.69) is 0 Å². The Bertz CT molecular complexity index is 657. The number of aromatic amines is 1. The first-order chi connectivity index (χ1) is 14.0. The van der Waals surface area contributed by atoms with Crippen LogP contribution >= 0.6 is 0 Å². The van der Waals surface area contributed by atoms with Gasteiger partial charge in [0.2, 0.25) is 5.82 Å². The SMILES string of the molecule is CC.CC(=O)OCCCCCCCCCCCCOCn1cc(F)c(=O)[nH]c1=O. The van der Waals surface area contributed by atoms with Gasteiger partial charge in [-0.3, -0.25) is 19.1 Å². The molecule has 7 nitrogen and oxygen atoms in total. The summed E-state index contributed by atoms with van der Waals surface area (Å²) in [5, 5.41) is 0. The van der Waals surface area contributed by atoms with Crippen molar-refractivity contribution in [3.63, 3.8) is 0 Å². The fourth-order valence-corrected chi connectivity index (χ4v) is 2.68. The number of carbonyl (C=O) groups excluding carboxylic acids is 1. The summed E-state index contributed by atoms with van der Waals surface area (Å²) in [5.41, 5.74) is -1.69. The number of ether oxygens (including phenoxy) is 2. The van der Waals surface area contributed by atoms with Crippen LogP contribution in [0.25, 0.3) is 0 Å². The number of rotatable bonds is 15. The molecule has 1 aromatic heterocycles. The Hall–Kier alpha value is -1.96. The molecule has 0 atom stereocenters. The van der Waals surface area contributed by atoms with Crippen LogP contribution < -0.4 is 11.2 Å². The van der Waals surface area contributed by atoms with Gasteiger partial charge in [-0.15, -0.1) is 0 Å². The summed E-state index contributed by atoms with van der Waals surface area (Å²) in [6.45, 7) is 6.39. The number of unbranched alkanes of at least 4 members (excludes halogenated alkanes) is 9. The molecule has 168 valence electrons. The van der Waals surface area contributed by atoms with Gasteiger partial charge >= 0.3 is 11.7 Å². The summed E-state index contributed by atoms with van der Waals surface area (Å²) in [4.78, 5) is 34.8. The maximum absolute atomic E-state index is 13.1. The van der Waals surface area contributed by atoms with Gasteiger partial charge < -0.3 is 9.47 Å². The van der Waals surface area contributed by atoms with E-state index in [-0.39, 0.29) is 12.7 Å². The maximum atomic E-state index is 13.1. The highest BCUT2D eigenvalue weighted by atomic mass is 19.1. The number of nitrogens with zero attached hydrogens (tertiary/aromatic N) is 1. The van der Waals surface area contributed by atoms with Gasteiger partial charge in [-0.05, 0) is 12.8 Å². The minimum absolute atomic E-state index is 0.0655. The predicted octanol–water partition coefficient (Wildman–Crippen LogP) is 4.14. The van der Waals surface area contributed by atoms with Crippen LogP contribution in [0, 0.1) is 5.82 Å². The zero-order chi connectivity index (χ0) is 21.9. The first kappa shape index (κ1) is 27.0. The summed E-state index contributed by atoms with van der Waals surface area (Å²) in [7, 11) is 0. The van der Waals surface area contributed by atoms with Gasteiger partial charge in [0.25, 0.3) is 5.56 Å². The zero-order valence-electron chi connectivity index (χ0n) is 18.1. The molecule has 8 heteroatoms. The minimum atomic E-state index is -1.02. The van der Waals surface area contributed by atoms with Crippen LogP contribution in [0.1, 0.15) is 85.0 Å². The average molecular weight is 417 g/mol. The van der Waals surface area contributed by atoms with Gasteiger partial charge in [0, 0.05) is 13.5 Å². The van der Waals surface area contributed by atoms with Crippen LogP contribution in [0.2, 0.25) is 0 Å². The second-order valence-electron chi connectivity index (χ2n) is 6.62. The quantitative estimate of drug-likeness (QED) is 0.343. The van der Waals surface area contributed by atoms with Crippen LogP contribution in [-0.2, 0) is 21.0 Å². The van der Waals surface area contributed by atoms with Crippen LogP contribution in [-0.4, -0.2) is 28.7 Å². The minimum Gasteiger partial charge on any atom is -0.466 e. The third-order valence-electron chi connectivity index (χ3n) is 4.19. The van der Waals surface area contributed by atoms with E-state index in [4.69, 9.17) is 9.47 Å². The third kappa shape index (κ3) is 14.7. The Kier molecular flexibility index (Phi) is 16.9. The van der Waals surface area contributed by atoms with Gasteiger partial charge in [-0.25, -0.2) is 4.79 Å². The Labute approximate surface area is 172 Å². The molecule has 1 aromatic rings. The molecular weight excluding hydrogens is 379 g/mol. The Morgan fingerprint density at radius 2 is 1.41 bits per heavy atom. The number of H-pyrrole nitrogens is 1. The number of hydrogen-bond donors (Lipinski definition) is 1. The van der Waals surface area contributed by atoms with Crippen molar-refractivity contribution in [1.82, 2.24) is 9.55 Å². The Morgan fingerprint density at radius 3 is 1.93 bits per heavy atom. The van der Waals surface area contributed by atoms with Crippen molar-refractivity contribution in [3.05, 3.63) is 32.9 Å². The molecule has 1 N–H and O–H groups in total. The highest BCUT2D eigenvalue weighted by molar-refractivity contribution is 5.65. The second kappa shape index (κ2) is 18.1. The standard InChI is InChI=1S/C19H31FN2O5.C2H6/c1-16(23)27-13-11-9-7-5-3-2-4-6-8-10-12-26-15-22-14-17(20)18(24)21-19(22)25;1-2/h14H,2-13,15H2,1H3,(H,21,24,25);1-2H3. The first-order valence-corrected chi connectivity index (χ1v) is 10.7. The number of halogens is 1. The van der Waals surface area contributed by atoms with Gasteiger partial charge in [-0.2, -0.15) is 4.39 Å². The molecule has 0 amide bonds. The number of esters is 1. The molecular formula is C21H37FN2O5. The van der Waals surface area contributed by atoms with Gasteiger partial charge in [0.05, 0.1) is 12.8 Å². The molecule has 0 bridgehead atoms. The normalized spacial score (nSPS) is 10.3. The van der Waals surface area contributed by atoms with Crippen LogP contribution in [0.3, 0.4) is 0 Å². The molecule has 0 spiro atoms. The summed E-state index contributed by atoms with van der Waals surface area (Å²) >= 11 is 0. The molecule has 1 rings (SSSR count). The van der Waals surface area contributed by atoms with Crippen LogP contribution in [0.4, 0.5) is 4.39 Å². The first-order valence-electron chi connectivity index (χ1n) is 10.7. The topological polar surface area (TPSA) is 90.4 Å². The van der Waals surface area contributed by atoms with Crippen molar-refractivity contribution < 1.29 is 18.7 Å². The van der Waals surface area contributed by atoms with Gasteiger partial charge in [-0.1, -0.05) is 65.2 Å². The lowest BCUT2D eigenvalue weighted by atomic mass is 10.1. The van der Waals surface area contributed by atoms with E-state index >= 15 is 0 Å². The second-order valence-corrected chi connectivity index (χ2v) is 6.62. The third-order valence-corrected chi connectivity index (χ3v) is 4.19. The highest BCUT2D eigenvalue weighted by Crippen LogP contribution is 2.10. The predicted molar refractivity (Wildman–Crippen MR) is 111 cm³/mol. The molecule has 0 aliphatic carbocycles. The Balaban J connectivity index is 0.00000379. The maximum Gasteiger partial charge on any atom is 0.330 e. The van der Waals surface area contributed by atoms with Gasteiger partial charge in [0.15, 0.2) is 0 Å². The largest absolute Gasteiger partial charge is 0.466 e. The number of aromatic nitrogens is 2. The van der Waals surface area contributed by atoms with Crippen molar-refractivity contribution in [1.29, 1.82) is 0 Å². The molecule has 29 heavy (non-hydrogen) atoms. The molecule has 0 aliphatic heterocycles. The monoisotopic (exact) mass is 416 g/mol. The number of nitrogens with one attached hydrogen (secondary N) is 1. The van der Waals surface area contributed by atoms with E-state index < -0.39 is 17.1 Å². The van der Waals surface area contributed by atoms with Crippen molar-refractivity contribution in [2.24, 2.45) is 0 Å². The molecule has 0 saturated carbocycles. The van der Waals surface area contributed by atoms with Crippen molar-refractivity contribution in [3.8, 4) is 0 Å². The van der Waals surface area contributed by atoms with Crippen LogP contribution in [0.15, 0.2) is 15.8 Å². The average Bonchev–Trinajstić information content (AvgIpc) is 2.70. The molecule has 0 aliphatic rings. The lowest BCUT2D eigenvalue weighted by Gasteiger charge is -2.07. The van der Waals surface area contributed by atoms with Crippen molar-refractivity contribution in [2.75, 3.05) is 13.2 Å². The van der Waals surface area contributed by atoms with E-state index in [0.29, 0.717) is 13.2 Å². The van der Waals surface area contributed by atoms with E-state index in [1.165, 1.54) is 39.0 Å². The van der Waals surface area contributed by atoms with E-state index in [1.54, 1.807) is 0 Å². The fourth-order valence-electron chi connectivity index (χ4n) is 2.68. The number of carbonyl (C=O) groups is 1. The summed E-state index contributed by atoms with van der Waals surface area (Å²) < 4.78 is 24.3. The lowest BCUT2D eigenvalue weighted by molar-refractivity contribution is -0.141. The summed E-state index contributed by atoms with van der Waals surface area (Å²) in [6, 6.07) is 0. The molecule has 0 aromatic carbocycles. The molecule has 1 heterocycles. The molecule has 0 radical (unpaired) electrons. The zero-order valence-corrected chi connectivity index (χ0v) is 18.1. The Morgan fingerprint density at radius 1 is 0.931 bits per heavy atom. The summed E-state index contributed by atoms with van der Waals surface area (Å²) in [6.07, 6.45) is 12.0. The highest BCUT2D eigenvalue weighted by Gasteiger charge is 2.03. The van der Waals surface area contributed by atoms with Crippen molar-refractivity contribution in [2.45, 2.75) is 91.7 Å². The van der Waals surface area contributed by atoms with E-state index in [0.717, 1.165) is 42.9 Å². The molecule has 0 unspecified atom stereocenters. The molecule has 0 fully saturated rings. The van der Waals surface area contributed by atoms with Crippen LogP contribution in [0.5, 0.6) is 0 Å². The smallest absolute Gasteiger partial charge is 0.330 e.